The molecule has 1 aromatic heterocycles. The molecule has 0 amide bonds. The molecule has 1 aromatic carbocycles. The molecular weight excluding hydrogens is 162 g/mol. The van der Waals surface area contributed by atoms with E-state index in [1.165, 1.54) is 0 Å². The molecule has 2 rings (SSSR count). The Morgan fingerprint density at radius 2 is 1.77 bits per heavy atom. The molecule has 0 saturated heterocycles. The second kappa shape index (κ2) is 3.85. The molecule has 3 nitrogen and oxygen atoms in total. The number of nitrogens with one attached hydrogen (secondary N) is 1. The minimum absolute atomic E-state index is 0.672. The van der Waals surface area contributed by atoms with Crippen molar-refractivity contribution in [1.29, 1.82) is 0 Å². The predicted molar refractivity (Wildman–Crippen MR) is 58.5 cm³/mol. The van der Waals surface area contributed by atoms with Crippen LogP contribution >= 0.6 is 0 Å². The number of hydrogen-bond acceptors (Lipinski definition) is 2. The van der Waals surface area contributed by atoms with Gasteiger partial charge in [0.05, 0.1) is 0 Å². The first-order valence-corrected chi connectivity index (χ1v) is 4.39. The Morgan fingerprint density at radius 1 is 1.08 bits per heavy atom. The van der Waals surface area contributed by atoms with Crippen LogP contribution in [0.2, 0.25) is 0 Å². The fourth-order valence-electron chi connectivity index (χ4n) is 1.17. The standard InChI is InChI=1S/C8H9N3.C2H6/c9-6-2-1-5-3-8(10)11-7(5)4-6;1-2/h1-4,11H,9-10H2;1-2H3. The van der Waals surface area contributed by atoms with E-state index in [-0.39, 0.29) is 0 Å². The van der Waals surface area contributed by atoms with Crippen LogP contribution in [0.1, 0.15) is 13.8 Å². The Hall–Kier alpha value is -1.64. The Bertz CT molecular complexity index is 390. The summed E-state index contributed by atoms with van der Waals surface area (Å²) in [6.07, 6.45) is 0. The molecule has 0 fully saturated rings. The van der Waals surface area contributed by atoms with E-state index in [0.717, 1.165) is 16.6 Å². The average Bonchev–Trinajstić information content (AvgIpc) is 2.48. The van der Waals surface area contributed by atoms with Gasteiger partial charge >= 0.3 is 0 Å². The first-order chi connectivity index (χ1) is 6.25. The van der Waals surface area contributed by atoms with Gasteiger partial charge < -0.3 is 16.5 Å². The van der Waals surface area contributed by atoms with Crippen LogP contribution in [0.25, 0.3) is 10.9 Å². The van der Waals surface area contributed by atoms with Crippen molar-refractivity contribution >= 4 is 22.4 Å². The van der Waals surface area contributed by atoms with Gasteiger partial charge in [-0.25, -0.2) is 0 Å². The highest BCUT2D eigenvalue weighted by Gasteiger charge is 1.96. The van der Waals surface area contributed by atoms with Gasteiger partial charge in [0.2, 0.25) is 0 Å². The lowest BCUT2D eigenvalue weighted by Gasteiger charge is -1.90. The molecule has 0 bridgehead atoms. The number of H-pyrrole nitrogens is 1. The summed E-state index contributed by atoms with van der Waals surface area (Å²) in [5.41, 5.74) is 12.9. The maximum Gasteiger partial charge on any atom is 0.101 e. The van der Waals surface area contributed by atoms with Crippen molar-refractivity contribution in [3.8, 4) is 0 Å². The fraction of sp³-hybridized carbons (Fsp3) is 0.200. The number of aromatic nitrogens is 1. The van der Waals surface area contributed by atoms with E-state index in [9.17, 15) is 0 Å². The van der Waals surface area contributed by atoms with Crippen molar-refractivity contribution in [3.05, 3.63) is 24.3 Å². The highest BCUT2D eigenvalue weighted by molar-refractivity contribution is 5.85. The van der Waals surface area contributed by atoms with Gasteiger partial charge in [0.25, 0.3) is 0 Å². The van der Waals surface area contributed by atoms with Crippen LogP contribution in [0.5, 0.6) is 0 Å². The Kier molecular flexibility index (Phi) is 2.80. The molecule has 0 aliphatic rings. The van der Waals surface area contributed by atoms with E-state index >= 15 is 0 Å². The predicted octanol–water partition coefficient (Wildman–Crippen LogP) is 2.36. The number of nitrogen functional groups attached to an aromatic ring is 2. The molecule has 0 aliphatic heterocycles. The van der Waals surface area contributed by atoms with Crippen molar-refractivity contribution in [2.24, 2.45) is 0 Å². The number of anilines is 2. The van der Waals surface area contributed by atoms with Crippen LogP contribution in [-0.2, 0) is 0 Å². The van der Waals surface area contributed by atoms with E-state index in [0.29, 0.717) is 5.82 Å². The molecule has 0 radical (unpaired) electrons. The normalized spacial score (nSPS) is 9.38. The van der Waals surface area contributed by atoms with Crippen LogP contribution < -0.4 is 11.5 Å². The van der Waals surface area contributed by atoms with E-state index in [1.54, 1.807) is 0 Å². The third kappa shape index (κ3) is 1.93. The molecule has 0 unspecified atom stereocenters. The van der Waals surface area contributed by atoms with Gasteiger partial charge in [-0.15, -0.1) is 0 Å². The zero-order valence-corrected chi connectivity index (χ0v) is 7.96. The van der Waals surface area contributed by atoms with Gasteiger partial charge in [-0.3, -0.25) is 0 Å². The Labute approximate surface area is 77.7 Å². The van der Waals surface area contributed by atoms with E-state index in [4.69, 9.17) is 11.5 Å². The van der Waals surface area contributed by atoms with Crippen LogP contribution in [0, 0.1) is 0 Å². The van der Waals surface area contributed by atoms with Crippen LogP contribution in [0.3, 0.4) is 0 Å². The van der Waals surface area contributed by atoms with E-state index in [2.05, 4.69) is 4.98 Å². The van der Waals surface area contributed by atoms with Crippen molar-refractivity contribution in [1.82, 2.24) is 4.98 Å². The molecule has 0 atom stereocenters. The number of hydrogen-bond donors (Lipinski definition) is 3. The quantitative estimate of drug-likeness (QED) is 0.541. The fourth-order valence-corrected chi connectivity index (χ4v) is 1.17. The summed E-state index contributed by atoms with van der Waals surface area (Å²) in [6.45, 7) is 4.00. The van der Waals surface area contributed by atoms with Crippen molar-refractivity contribution in [2.45, 2.75) is 13.8 Å². The summed E-state index contributed by atoms with van der Waals surface area (Å²) < 4.78 is 0. The third-order valence-corrected chi connectivity index (χ3v) is 1.67. The summed E-state index contributed by atoms with van der Waals surface area (Å²) >= 11 is 0. The van der Waals surface area contributed by atoms with Crippen LogP contribution in [-0.4, -0.2) is 4.98 Å². The van der Waals surface area contributed by atoms with Gasteiger partial charge in [0.15, 0.2) is 0 Å². The molecule has 2 aromatic rings. The lowest BCUT2D eigenvalue weighted by Crippen LogP contribution is -1.83. The molecule has 0 spiro atoms. The minimum atomic E-state index is 0.672. The summed E-state index contributed by atoms with van der Waals surface area (Å²) in [5.74, 6) is 0.672. The van der Waals surface area contributed by atoms with Crippen molar-refractivity contribution < 1.29 is 0 Å². The summed E-state index contributed by atoms with van der Waals surface area (Å²) in [5, 5.41) is 1.09. The van der Waals surface area contributed by atoms with Gasteiger partial charge in [-0.05, 0) is 18.2 Å². The van der Waals surface area contributed by atoms with Gasteiger partial charge in [0, 0.05) is 16.6 Å². The lowest BCUT2D eigenvalue weighted by atomic mass is 10.2. The van der Waals surface area contributed by atoms with Gasteiger partial charge in [-0.2, -0.15) is 0 Å². The SMILES string of the molecule is CC.Nc1ccc2cc(N)[nH]c2c1. The maximum atomic E-state index is 5.57. The first-order valence-electron chi connectivity index (χ1n) is 4.39. The number of nitrogens with two attached hydrogens (primary N) is 2. The lowest BCUT2D eigenvalue weighted by molar-refractivity contribution is 1.47. The molecule has 13 heavy (non-hydrogen) atoms. The molecule has 0 aliphatic carbocycles. The summed E-state index contributed by atoms with van der Waals surface area (Å²) in [7, 11) is 0. The molecule has 70 valence electrons. The Balaban J connectivity index is 0.000000396. The second-order valence-corrected chi connectivity index (χ2v) is 2.57. The summed E-state index contributed by atoms with van der Waals surface area (Å²) in [6, 6.07) is 7.55. The molecule has 0 saturated carbocycles. The van der Waals surface area contributed by atoms with E-state index < -0.39 is 0 Å². The second-order valence-electron chi connectivity index (χ2n) is 2.57. The molecular formula is C10H15N3. The number of fused-ring (bicyclic) bond motifs is 1. The van der Waals surface area contributed by atoms with Gasteiger partial charge in [0.1, 0.15) is 5.82 Å². The monoisotopic (exact) mass is 177 g/mol. The third-order valence-electron chi connectivity index (χ3n) is 1.67. The maximum absolute atomic E-state index is 5.57. The highest BCUT2D eigenvalue weighted by atomic mass is 14.8. The topological polar surface area (TPSA) is 67.8 Å². The number of benzene rings is 1. The smallest absolute Gasteiger partial charge is 0.101 e. The van der Waals surface area contributed by atoms with Crippen LogP contribution in [0.15, 0.2) is 24.3 Å². The Morgan fingerprint density at radius 3 is 2.46 bits per heavy atom. The van der Waals surface area contributed by atoms with E-state index in [1.807, 2.05) is 38.1 Å². The van der Waals surface area contributed by atoms with Crippen molar-refractivity contribution in [3.63, 3.8) is 0 Å². The van der Waals surface area contributed by atoms with Gasteiger partial charge in [-0.1, -0.05) is 19.9 Å². The number of aromatic amines is 1. The van der Waals surface area contributed by atoms with Crippen molar-refractivity contribution in [2.75, 3.05) is 11.5 Å². The largest absolute Gasteiger partial charge is 0.399 e. The molecule has 3 heteroatoms. The first kappa shape index (κ1) is 9.45. The summed E-state index contributed by atoms with van der Waals surface area (Å²) in [4.78, 5) is 3.00. The highest BCUT2D eigenvalue weighted by Crippen LogP contribution is 2.18. The minimum Gasteiger partial charge on any atom is -0.399 e. The number of rotatable bonds is 0. The molecule has 1 heterocycles. The zero-order chi connectivity index (χ0) is 9.84. The zero-order valence-electron chi connectivity index (χ0n) is 7.96. The van der Waals surface area contributed by atoms with Crippen LogP contribution in [0.4, 0.5) is 11.5 Å². The average molecular weight is 177 g/mol. The molecule has 5 N–H and O–H groups in total.